The van der Waals surface area contributed by atoms with E-state index in [1.54, 1.807) is 48.5 Å². The first-order valence-electron chi connectivity index (χ1n) is 9.18. The number of phenolic OH excluding ortho intramolecular Hbond substituents is 1. The number of amides is 1. The van der Waals surface area contributed by atoms with Gasteiger partial charge in [0.1, 0.15) is 5.75 Å². The number of para-hydroxylation sites is 1. The normalized spacial score (nSPS) is 11.0. The lowest BCUT2D eigenvalue weighted by Crippen LogP contribution is -2.17. The Labute approximate surface area is 181 Å². The van der Waals surface area contributed by atoms with Crippen molar-refractivity contribution in [2.24, 2.45) is 5.10 Å². The summed E-state index contributed by atoms with van der Waals surface area (Å²) in [6.45, 7) is 0. The van der Waals surface area contributed by atoms with Crippen LogP contribution in [0.3, 0.4) is 0 Å². The van der Waals surface area contributed by atoms with Crippen LogP contribution in [-0.4, -0.2) is 27.2 Å². The summed E-state index contributed by atoms with van der Waals surface area (Å²) in [5.74, 6) is -0.123. The Morgan fingerprint density at radius 3 is 2.65 bits per heavy atom. The predicted molar refractivity (Wildman–Crippen MR) is 120 cm³/mol. The summed E-state index contributed by atoms with van der Waals surface area (Å²) in [6.07, 6.45) is 1.42. The van der Waals surface area contributed by atoms with Crippen LogP contribution in [0.1, 0.15) is 15.9 Å². The molecule has 0 saturated heterocycles. The Hall–Kier alpha value is -4.17. The molecular weight excluding hydrogens is 418 g/mol. The lowest BCUT2D eigenvalue weighted by Gasteiger charge is -2.07. The van der Waals surface area contributed by atoms with Gasteiger partial charge in [0.2, 0.25) is 5.95 Å². The Kier molecular flexibility index (Phi) is 5.63. The molecule has 0 saturated carbocycles. The summed E-state index contributed by atoms with van der Waals surface area (Å²) in [4.78, 5) is 31.5. The van der Waals surface area contributed by atoms with Crippen LogP contribution < -0.4 is 16.3 Å². The van der Waals surface area contributed by atoms with Gasteiger partial charge < -0.3 is 10.4 Å². The van der Waals surface area contributed by atoms with E-state index < -0.39 is 5.91 Å². The number of anilines is 2. The molecule has 0 unspecified atom stereocenters. The number of aromatic nitrogens is 2. The van der Waals surface area contributed by atoms with Crippen LogP contribution >= 0.6 is 11.6 Å². The first kappa shape index (κ1) is 20.1. The lowest BCUT2D eigenvalue weighted by molar-refractivity contribution is 0.0955. The molecule has 31 heavy (non-hydrogen) atoms. The van der Waals surface area contributed by atoms with Crippen molar-refractivity contribution in [1.29, 1.82) is 0 Å². The Balaban J connectivity index is 1.42. The highest BCUT2D eigenvalue weighted by atomic mass is 35.5. The standard InChI is InChI=1S/C22H16ClN5O3/c23-17-11-13(5-10-19(17)29)12-24-28-20(30)14-6-8-15(9-7-14)25-22-26-18-4-2-1-3-16(18)21(31)27-22/h1-12,29H,(H,28,30)(H2,25,26,27,31)/b24-12-. The van der Waals surface area contributed by atoms with Crippen LogP contribution in [-0.2, 0) is 0 Å². The SMILES string of the molecule is O=C(N/N=C\c1ccc(O)c(Cl)c1)c1ccc(Nc2nc3ccccc3c(=O)[nH]2)cc1. The summed E-state index contributed by atoms with van der Waals surface area (Å²) in [5.41, 5.74) is 4.43. The third-order valence-corrected chi connectivity index (χ3v) is 4.68. The maximum absolute atomic E-state index is 12.2. The molecule has 0 atom stereocenters. The van der Waals surface area contributed by atoms with Crippen molar-refractivity contribution in [3.8, 4) is 5.75 Å². The number of hydrazone groups is 1. The van der Waals surface area contributed by atoms with Crippen molar-refractivity contribution in [2.75, 3.05) is 5.32 Å². The smallest absolute Gasteiger partial charge is 0.271 e. The van der Waals surface area contributed by atoms with E-state index >= 15 is 0 Å². The fourth-order valence-electron chi connectivity index (χ4n) is 2.82. The third-order valence-electron chi connectivity index (χ3n) is 4.37. The predicted octanol–water partition coefficient (Wildman–Crippen LogP) is 3.79. The zero-order valence-corrected chi connectivity index (χ0v) is 16.7. The number of hydrogen-bond acceptors (Lipinski definition) is 6. The summed E-state index contributed by atoms with van der Waals surface area (Å²) >= 11 is 5.83. The van der Waals surface area contributed by atoms with E-state index in [0.29, 0.717) is 33.7 Å². The van der Waals surface area contributed by atoms with Crippen LogP contribution in [0.2, 0.25) is 5.02 Å². The number of rotatable bonds is 5. The minimum atomic E-state index is -0.398. The van der Waals surface area contributed by atoms with Crippen LogP contribution in [0, 0.1) is 0 Å². The number of carbonyl (C=O) groups is 1. The maximum Gasteiger partial charge on any atom is 0.271 e. The van der Waals surface area contributed by atoms with Gasteiger partial charge in [-0.1, -0.05) is 23.7 Å². The Morgan fingerprint density at radius 2 is 1.87 bits per heavy atom. The number of phenols is 1. The number of H-pyrrole nitrogens is 1. The maximum atomic E-state index is 12.2. The van der Waals surface area contributed by atoms with E-state index in [-0.39, 0.29) is 16.3 Å². The second-order valence-corrected chi connectivity index (χ2v) is 6.95. The van der Waals surface area contributed by atoms with Gasteiger partial charge in [0.25, 0.3) is 11.5 Å². The van der Waals surface area contributed by atoms with Crippen LogP contribution in [0.25, 0.3) is 10.9 Å². The fraction of sp³-hybridized carbons (Fsp3) is 0. The Morgan fingerprint density at radius 1 is 1.10 bits per heavy atom. The number of nitrogens with zero attached hydrogens (tertiary/aromatic N) is 2. The van der Waals surface area contributed by atoms with Gasteiger partial charge in [0.05, 0.1) is 22.1 Å². The van der Waals surface area contributed by atoms with Gasteiger partial charge in [-0.3, -0.25) is 14.6 Å². The number of benzene rings is 3. The molecule has 0 fully saturated rings. The Bertz CT molecular complexity index is 1350. The summed E-state index contributed by atoms with van der Waals surface area (Å²) in [5, 5.41) is 17.0. The number of nitrogens with one attached hydrogen (secondary N) is 3. The molecule has 0 spiro atoms. The molecule has 0 aliphatic rings. The zero-order chi connectivity index (χ0) is 21.8. The number of halogens is 1. The molecule has 154 valence electrons. The van der Waals surface area contributed by atoms with Crippen molar-refractivity contribution in [3.63, 3.8) is 0 Å². The molecular formula is C22H16ClN5O3. The molecule has 1 aromatic heterocycles. The number of aromatic hydroxyl groups is 1. The summed E-state index contributed by atoms with van der Waals surface area (Å²) in [6, 6.07) is 18.2. The second-order valence-electron chi connectivity index (χ2n) is 6.54. The summed E-state index contributed by atoms with van der Waals surface area (Å²) in [7, 11) is 0. The minimum absolute atomic E-state index is 0.0282. The monoisotopic (exact) mass is 433 g/mol. The molecule has 9 heteroatoms. The highest BCUT2D eigenvalue weighted by Crippen LogP contribution is 2.22. The van der Waals surface area contributed by atoms with Gasteiger partial charge in [-0.25, -0.2) is 10.4 Å². The number of fused-ring (bicyclic) bond motifs is 1. The van der Waals surface area contributed by atoms with Crippen molar-refractivity contribution in [3.05, 3.63) is 93.2 Å². The van der Waals surface area contributed by atoms with Gasteiger partial charge in [0.15, 0.2) is 0 Å². The van der Waals surface area contributed by atoms with E-state index in [1.165, 1.54) is 18.3 Å². The van der Waals surface area contributed by atoms with E-state index in [9.17, 15) is 14.7 Å². The molecule has 1 heterocycles. The lowest BCUT2D eigenvalue weighted by atomic mass is 10.2. The van der Waals surface area contributed by atoms with E-state index in [2.05, 4.69) is 25.8 Å². The number of aromatic amines is 1. The molecule has 0 radical (unpaired) electrons. The van der Waals surface area contributed by atoms with Crippen molar-refractivity contribution in [1.82, 2.24) is 15.4 Å². The highest BCUT2D eigenvalue weighted by Gasteiger charge is 2.06. The van der Waals surface area contributed by atoms with Gasteiger partial charge >= 0.3 is 0 Å². The number of hydrogen-bond donors (Lipinski definition) is 4. The molecule has 8 nitrogen and oxygen atoms in total. The fourth-order valence-corrected chi connectivity index (χ4v) is 3.01. The van der Waals surface area contributed by atoms with Crippen molar-refractivity contribution >= 4 is 46.3 Å². The molecule has 1 amide bonds. The molecule has 4 aromatic rings. The van der Waals surface area contributed by atoms with Gasteiger partial charge in [-0.15, -0.1) is 0 Å². The zero-order valence-electron chi connectivity index (χ0n) is 16.0. The number of carbonyl (C=O) groups excluding carboxylic acids is 1. The van der Waals surface area contributed by atoms with Crippen molar-refractivity contribution in [2.45, 2.75) is 0 Å². The molecule has 4 N–H and O–H groups in total. The van der Waals surface area contributed by atoms with Crippen LogP contribution in [0.4, 0.5) is 11.6 Å². The topological polar surface area (TPSA) is 119 Å². The van der Waals surface area contributed by atoms with E-state index in [1.807, 2.05) is 6.07 Å². The van der Waals surface area contributed by atoms with E-state index in [0.717, 1.165) is 0 Å². The minimum Gasteiger partial charge on any atom is -0.506 e. The average Bonchev–Trinajstić information content (AvgIpc) is 2.77. The third kappa shape index (κ3) is 4.71. The highest BCUT2D eigenvalue weighted by molar-refractivity contribution is 6.32. The molecule has 3 aromatic carbocycles. The summed E-state index contributed by atoms with van der Waals surface area (Å²) < 4.78 is 0. The van der Waals surface area contributed by atoms with E-state index in [4.69, 9.17) is 11.6 Å². The van der Waals surface area contributed by atoms with Gasteiger partial charge in [0, 0.05) is 11.3 Å². The van der Waals surface area contributed by atoms with Crippen molar-refractivity contribution < 1.29 is 9.90 Å². The van der Waals surface area contributed by atoms with Gasteiger partial charge in [-0.05, 0) is 60.2 Å². The molecule has 0 bridgehead atoms. The average molecular weight is 434 g/mol. The molecule has 4 rings (SSSR count). The molecule has 0 aliphatic heterocycles. The second kappa shape index (κ2) is 8.68. The first-order valence-corrected chi connectivity index (χ1v) is 9.55. The quantitative estimate of drug-likeness (QED) is 0.282. The van der Waals surface area contributed by atoms with Gasteiger partial charge in [-0.2, -0.15) is 5.10 Å². The van der Waals surface area contributed by atoms with Crippen LogP contribution in [0.5, 0.6) is 5.75 Å². The van der Waals surface area contributed by atoms with Crippen LogP contribution in [0.15, 0.2) is 76.6 Å². The first-order chi connectivity index (χ1) is 15.0. The largest absolute Gasteiger partial charge is 0.506 e. The molecule has 0 aliphatic carbocycles.